The first-order chi connectivity index (χ1) is 11.5. The lowest BCUT2D eigenvalue weighted by Crippen LogP contribution is -2.00. The Hall–Kier alpha value is -2.28. The molecule has 2 rings (SSSR count). The van der Waals surface area contributed by atoms with E-state index < -0.39 is 0 Å². The molecule has 0 fully saturated rings. The van der Waals surface area contributed by atoms with E-state index in [1.54, 1.807) is 50.4 Å². The normalized spacial score (nSPS) is 10.9. The van der Waals surface area contributed by atoms with Crippen molar-refractivity contribution in [2.24, 2.45) is 0 Å². The molecule has 1 aromatic carbocycles. The highest BCUT2D eigenvalue weighted by atomic mass is 79.9. The minimum absolute atomic E-state index is 0.192. The van der Waals surface area contributed by atoms with Crippen LogP contribution >= 0.6 is 15.9 Å². The SMILES string of the molecule is CCn1cc(Br)c(C(=O)/C=C/c2cc(OC)c(OC)c(OC)c2)n1. The van der Waals surface area contributed by atoms with Crippen molar-refractivity contribution in [2.75, 3.05) is 21.3 Å². The summed E-state index contributed by atoms with van der Waals surface area (Å²) >= 11 is 3.35. The number of benzene rings is 1. The van der Waals surface area contributed by atoms with Gasteiger partial charge in [0.05, 0.1) is 25.8 Å². The molecule has 0 atom stereocenters. The number of ketones is 1. The zero-order valence-corrected chi connectivity index (χ0v) is 15.6. The van der Waals surface area contributed by atoms with Crippen molar-refractivity contribution in [3.63, 3.8) is 0 Å². The monoisotopic (exact) mass is 394 g/mol. The molecule has 0 N–H and O–H groups in total. The maximum atomic E-state index is 12.3. The Kier molecular flexibility index (Phi) is 6.03. The van der Waals surface area contributed by atoms with Gasteiger partial charge in [-0.25, -0.2) is 0 Å². The Morgan fingerprint density at radius 2 is 1.83 bits per heavy atom. The highest BCUT2D eigenvalue weighted by Crippen LogP contribution is 2.38. The van der Waals surface area contributed by atoms with E-state index in [0.29, 0.717) is 34.0 Å². The molecule has 1 heterocycles. The predicted octanol–water partition coefficient (Wildman–Crippen LogP) is 3.59. The average Bonchev–Trinajstić information content (AvgIpc) is 2.99. The molecule has 0 amide bonds. The topological polar surface area (TPSA) is 62.6 Å². The number of carbonyl (C=O) groups excluding carboxylic acids is 1. The fraction of sp³-hybridized carbons (Fsp3) is 0.294. The van der Waals surface area contributed by atoms with Crippen LogP contribution in [0.2, 0.25) is 0 Å². The highest BCUT2D eigenvalue weighted by molar-refractivity contribution is 9.10. The highest BCUT2D eigenvalue weighted by Gasteiger charge is 2.14. The zero-order chi connectivity index (χ0) is 17.7. The van der Waals surface area contributed by atoms with Crippen LogP contribution in [0.25, 0.3) is 6.08 Å². The van der Waals surface area contributed by atoms with Crippen LogP contribution < -0.4 is 14.2 Å². The summed E-state index contributed by atoms with van der Waals surface area (Å²) in [5.41, 5.74) is 1.13. The summed E-state index contributed by atoms with van der Waals surface area (Å²) in [5, 5.41) is 4.23. The van der Waals surface area contributed by atoms with Gasteiger partial charge in [0.2, 0.25) is 11.5 Å². The van der Waals surface area contributed by atoms with E-state index in [2.05, 4.69) is 21.0 Å². The maximum Gasteiger partial charge on any atom is 0.207 e. The largest absolute Gasteiger partial charge is 0.493 e. The average molecular weight is 395 g/mol. The van der Waals surface area contributed by atoms with Crippen LogP contribution in [-0.2, 0) is 6.54 Å². The molecule has 0 unspecified atom stereocenters. The summed E-state index contributed by atoms with van der Waals surface area (Å²) in [7, 11) is 4.63. The number of rotatable bonds is 7. The van der Waals surface area contributed by atoms with Crippen molar-refractivity contribution in [1.82, 2.24) is 9.78 Å². The van der Waals surface area contributed by atoms with Crippen LogP contribution in [0.15, 0.2) is 28.9 Å². The molecule has 1 aromatic heterocycles. The number of hydrogen-bond donors (Lipinski definition) is 0. The quantitative estimate of drug-likeness (QED) is 0.530. The second-order valence-corrected chi connectivity index (χ2v) is 5.69. The fourth-order valence-corrected chi connectivity index (χ4v) is 2.69. The van der Waals surface area contributed by atoms with Crippen LogP contribution in [0, 0.1) is 0 Å². The van der Waals surface area contributed by atoms with Crippen molar-refractivity contribution >= 4 is 27.8 Å². The smallest absolute Gasteiger partial charge is 0.207 e. The molecule has 0 saturated heterocycles. The van der Waals surface area contributed by atoms with Crippen molar-refractivity contribution in [2.45, 2.75) is 13.5 Å². The third kappa shape index (κ3) is 3.79. The summed E-state index contributed by atoms with van der Waals surface area (Å²) in [6, 6.07) is 3.54. The number of carbonyl (C=O) groups is 1. The Bertz CT molecular complexity index is 743. The van der Waals surface area contributed by atoms with E-state index in [-0.39, 0.29) is 5.78 Å². The zero-order valence-electron chi connectivity index (χ0n) is 14.0. The molecule has 0 spiro atoms. The van der Waals surface area contributed by atoms with E-state index in [0.717, 1.165) is 5.56 Å². The molecular formula is C17H19BrN2O4. The number of allylic oxidation sites excluding steroid dienone is 1. The predicted molar refractivity (Wildman–Crippen MR) is 95.1 cm³/mol. The Morgan fingerprint density at radius 1 is 1.21 bits per heavy atom. The molecule has 0 saturated carbocycles. The molecule has 7 heteroatoms. The van der Waals surface area contributed by atoms with E-state index in [9.17, 15) is 4.79 Å². The molecule has 0 aliphatic rings. The third-order valence-corrected chi connectivity index (χ3v) is 3.97. The number of ether oxygens (including phenoxy) is 3. The first-order valence-electron chi connectivity index (χ1n) is 7.29. The van der Waals surface area contributed by atoms with Gasteiger partial charge in [0.25, 0.3) is 0 Å². The van der Waals surface area contributed by atoms with Crippen LogP contribution in [0.3, 0.4) is 0 Å². The van der Waals surface area contributed by atoms with Gasteiger partial charge in [0.15, 0.2) is 11.5 Å². The molecule has 0 radical (unpaired) electrons. The lowest BCUT2D eigenvalue weighted by molar-refractivity contribution is 0.104. The van der Waals surface area contributed by atoms with Crippen molar-refractivity contribution < 1.29 is 19.0 Å². The van der Waals surface area contributed by atoms with E-state index >= 15 is 0 Å². The number of halogens is 1. The van der Waals surface area contributed by atoms with Gasteiger partial charge in [-0.05, 0) is 46.6 Å². The summed E-state index contributed by atoms with van der Waals surface area (Å²) in [6.07, 6.45) is 4.93. The van der Waals surface area contributed by atoms with Crippen molar-refractivity contribution in [3.8, 4) is 17.2 Å². The number of aryl methyl sites for hydroxylation is 1. The second-order valence-electron chi connectivity index (χ2n) is 4.84. The van der Waals surface area contributed by atoms with E-state index in [1.807, 2.05) is 6.92 Å². The van der Waals surface area contributed by atoms with Gasteiger partial charge in [0.1, 0.15) is 5.69 Å². The van der Waals surface area contributed by atoms with Crippen molar-refractivity contribution in [1.29, 1.82) is 0 Å². The fourth-order valence-electron chi connectivity index (χ4n) is 2.17. The molecule has 6 nitrogen and oxygen atoms in total. The summed E-state index contributed by atoms with van der Waals surface area (Å²) in [5.74, 6) is 1.37. The maximum absolute atomic E-state index is 12.3. The van der Waals surface area contributed by atoms with E-state index in [1.165, 1.54) is 6.08 Å². The summed E-state index contributed by atoms with van der Waals surface area (Å²) in [4.78, 5) is 12.3. The molecule has 128 valence electrons. The second kappa shape index (κ2) is 8.01. The van der Waals surface area contributed by atoms with Crippen LogP contribution in [-0.4, -0.2) is 36.9 Å². The van der Waals surface area contributed by atoms with Gasteiger partial charge in [-0.2, -0.15) is 5.10 Å². The Balaban J connectivity index is 2.31. The standard InChI is InChI=1S/C17H19BrN2O4/c1-5-20-10-12(18)16(19-20)13(21)7-6-11-8-14(22-2)17(24-4)15(9-11)23-3/h6-10H,5H2,1-4H3/b7-6+. The third-order valence-electron chi connectivity index (χ3n) is 3.39. The molecule has 0 aliphatic heterocycles. The Morgan fingerprint density at radius 3 is 2.29 bits per heavy atom. The number of nitrogens with zero attached hydrogens (tertiary/aromatic N) is 2. The minimum Gasteiger partial charge on any atom is -0.493 e. The minimum atomic E-state index is -0.192. The molecule has 2 aromatic rings. The van der Waals surface area contributed by atoms with Crippen LogP contribution in [0.5, 0.6) is 17.2 Å². The first kappa shape index (κ1) is 18.1. The summed E-state index contributed by atoms with van der Waals surface area (Å²) in [6.45, 7) is 2.65. The Labute approximate surface area is 149 Å². The lowest BCUT2D eigenvalue weighted by atomic mass is 10.1. The molecule has 0 aliphatic carbocycles. The van der Waals surface area contributed by atoms with E-state index in [4.69, 9.17) is 14.2 Å². The van der Waals surface area contributed by atoms with Gasteiger partial charge in [0, 0.05) is 12.7 Å². The molecule has 24 heavy (non-hydrogen) atoms. The first-order valence-corrected chi connectivity index (χ1v) is 8.08. The van der Waals surface area contributed by atoms with Crippen molar-refractivity contribution in [3.05, 3.63) is 40.1 Å². The summed E-state index contributed by atoms with van der Waals surface area (Å²) < 4.78 is 18.2. The van der Waals surface area contributed by atoms with Gasteiger partial charge in [-0.1, -0.05) is 6.08 Å². The number of aromatic nitrogens is 2. The molecular weight excluding hydrogens is 376 g/mol. The number of methoxy groups -OCH3 is 3. The number of hydrogen-bond acceptors (Lipinski definition) is 5. The van der Waals surface area contributed by atoms with Gasteiger partial charge >= 0.3 is 0 Å². The van der Waals surface area contributed by atoms with Gasteiger partial charge in [-0.15, -0.1) is 0 Å². The molecule has 0 bridgehead atoms. The van der Waals surface area contributed by atoms with Gasteiger partial charge < -0.3 is 14.2 Å². The van der Waals surface area contributed by atoms with Gasteiger partial charge in [-0.3, -0.25) is 9.48 Å². The van der Waals surface area contributed by atoms with Crippen LogP contribution in [0.1, 0.15) is 23.0 Å². The van der Waals surface area contributed by atoms with Crippen LogP contribution in [0.4, 0.5) is 0 Å². The lowest BCUT2D eigenvalue weighted by Gasteiger charge is -2.12.